The van der Waals surface area contributed by atoms with Gasteiger partial charge < -0.3 is 11.1 Å². The highest BCUT2D eigenvalue weighted by Crippen LogP contribution is 2.21. The summed E-state index contributed by atoms with van der Waals surface area (Å²) in [5, 5.41) is 4.46. The fraction of sp³-hybridized carbons (Fsp3) is 0.375. The molecule has 0 bridgehead atoms. The zero-order chi connectivity index (χ0) is 15.2. The van der Waals surface area contributed by atoms with Crippen molar-refractivity contribution in [2.45, 2.75) is 19.9 Å². The van der Waals surface area contributed by atoms with Gasteiger partial charge in [-0.3, -0.25) is 9.69 Å². The molecule has 5 heteroatoms. The molecule has 1 heterocycles. The molecule has 0 spiro atoms. The van der Waals surface area contributed by atoms with Crippen LogP contribution in [0.5, 0.6) is 0 Å². The van der Waals surface area contributed by atoms with Crippen LogP contribution in [0.25, 0.3) is 10.9 Å². The van der Waals surface area contributed by atoms with Crippen molar-refractivity contribution in [1.29, 1.82) is 0 Å². The molecule has 0 unspecified atom stereocenters. The van der Waals surface area contributed by atoms with Crippen molar-refractivity contribution in [1.82, 2.24) is 9.88 Å². The number of likely N-dealkylation sites (N-methyl/N-ethyl adjacent to an activating group) is 1. The van der Waals surface area contributed by atoms with Crippen LogP contribution in [0.3, 0.4) is 0 Å². The Labute approximate surface area is 125 Å². The van der Waals surface area contributed by atoms with E-state index in [1.807, 2.05) is 36.2 Å². The van der Waals surface area contributed by atoms with Gasteiger partial charge in [0.05, 0.1) is 12.1 Å². The number of hydrogen-bond acceptors (Lipinski definition) is 4. The molecule has 21 heavy (non-hydrogen) atoms. The average molecular weight is 286 g/mol. The van der Waals surface area contributed by atoms with Crippen LogP contribution in [-0.4, -0.2) is 35.9 Å². The van der Waals surface area contributed by atoms with E-state index in [0.717, 1.165) is 35.2 Å². The zero-order valence-electron chi connectivity index (χ0n) is 12.6. The van der Waals surface area contributed by atoms with E-state index in [4.69, 9.17) is 10.7 Å². The zero-order valence-corrected chi connectivity index (χ0v) is 12.6. The van der Waals surface area contributed by atoms with Gasteiger partial charge in [-0.05, 0) is 25.6 Å². The number of para-hydroxylation sites is 1. The van der Waals surface area contributed by atoms with Gasteiger partial charge in [-0.15, -0.1) is 0 Å². The van der Waals surface area contributed by atoms with E-state index in [1.54, 1.807) is 0 Å². The Hall–Kier alpha value is -2.14. The number of amides is 1. The molecule has 2 aromatic rings. The van der Waals surface area contributed by atoms with Gasteiger partial charge in [0.25, 0.3) is 0 Å². The molecule has 0 saturated carbocycles. The van der Waals surface area contributed by atoms with Gasteiger partial charge in [-0.2, -0.15) is 0 Å². The standard InChI is InChI=1S/C16H22N4O/c1-3-8-18-16-13(10-20(2)11-15(17)21)9-12-6-4-5-7-14(12)19-16/h4-7,9H,3,8,10-11H2,1-2H3,(H2,17,21)(H,18,19). The summed E-state index contributed by atoms with van der Waals surface area (Å²) >= 11 is 0. The van der Waals surface area contributed by atoms with E-state index in [2.05, 4.69) is 18.3 Å². The number of carbonyl (C=O) groups excluding carboxylic acids is 1. The molecule has 0 fully saturated rings. The normalized spacial score (nSPS) is 11.0. The van der Waals surface area contributed by atoms with Crippen LogP contribution < -0.4 is 11.1 Å². The highest BCUT2D eigenvalue weighted by molar-refractivity contribution is 5.81. The Morgan fingerprint density at radius 2 is 2.14 bits per heavy atom. The summed E-state index contributed by atoms with van der Waals surface area (Å²) in [7, 11) is 1.88. The second-order valence-corrected chi connectivity index (χ2v) is 5.25. The molecular formula is C16H22N4O. The summed E-state index contributed by atoms with van der Waals surface area (Å²) in [5.74, 6) is 0.557. The number of hydrogen-bond donors (Lipinski definition) is 2. The molecule has 5 nitrogen and oxygen atoms in total. The first-order valence-corrected chi connectivity index (χ1v) is 7.19. The molecule has 0 aliphatic carbocycles. The monoisotopic (exact) mass is 286 g/mol. The first kappa shape index (κ1) is 15.3. The van der Waals surface area contributed by atoms with E-state index in [-0.39, 0.29) is 12.5 Å². The smallest absolute Gasteiger partial charge is 0.231 e. The van der Waals surface area contributed by atoms with Gasteiger partial charge in [0.15, 0.2) is 0 Å². The SMILES string of the molecule is CCCNc1nc2ccccc2cc1CN(C)CC(N)=O. The van der Waals surface area contributed by atoms with Crippen LogP contribution in [0.4, 0.5) is 5.82 Å². The molecule has 0 radical (unpaired) electrons. The lowest BCUT2D eigenvalue weighted by atomic mass is 10.1. The third kappa shape index (κ3) is 4.16. The molecule has 1 amide bonds. The number of nitrogens with zero attached hydrogens (tertiary/aromatic N) is 2. The van der Waals surface area contributed by atoms with Crippen LogP contribution in [0.15, 0.2) is 30.3 Å². The maximum Gasteiger partial charge on any atom is 0.231 e. The van der Waals surface area contributed by atoms with Crippen LogP contribution in [0, 0.1) is 0 Å². The minimum absolute atomic E-state index is 0.236. The van der Waals surface area contributed by atoms with Crippen LogP contribution >= 0.6 is 0 Å². The third-order valence-corrected chi connectivity index (χ3v) is 3.21. The summed E-state index contributed by atoms with van der Waals surface area (Å²) in [5.41, 5.74) is 7.29. The quantitative estimate of drug-likeness (QED) is 0.816. The van der Waals surface area contributed by atoms with Gasteiger partial charge in [0, 0.05) is 24.0 Å². The number of carbonyl (C=O) groups is 1. The number of anilines is 1. The van der Waals surface area contributed by atoms with E-state index in [9.17, 15) is 4.79 Å². The minimum Gasteiger partial charge on any atom is -0.370 e. The van der Waals surface area contributed by atoms with E-state index >= 15 is 0 Å². The maximum absolute atomic E-state index is 11.0. The van der Waals surface area contributed by atoms with E-state index in [1.165, 1.54) is 0 Å². The van der Waals surface area contributed by atoms with Crippen molar-refractivity contribution < 1.29 is 4.79 Å². The molecule has 0 aliphatic rings. The summed E-state index contributed by atoms with van der Waals surface area (Å²) in [6.45, 7) is 3.86. The lowest BCUT2D eigenvalue weighted by molar-refractivity contribution is -0.118. The van der Waals surface area contributed by atoms with Crippen molar-refractivity contribution in [3.8, 4) is 0 Å². The summed E-state index contributed by atoms with van der Waals surface area (Å²) in [4.78, 5) is 17.6. The molecule has 112 valence electrons. The Balaban J connectivity index is 2.31. The first-order valence-electron chi connectivity index (χ1n) is 7.19. The Bertz CT molecular complexity index is 627. The number of aromatic nitrogens is 1. The summed E-state index contributed by atoms with van der Waals surface area (Å²) < 4.78 is 0. The first-order chi connectivity index (χ1) is 10.1. The molecule has 0 aliphatic heterocycles. The number of nitrogens with two attached hydrogens (primary N) is 1. The minimum atomic E-state index is -0.325. The van der Waals surface area contributed by atoms with Gasteiger partial charge >= 0.3 is 0 Å². The topological polar surface area (TPSA) is 71.2 Å². The molecule has 0 atom stereocenters. The predicted octanol–water partition coefficient (Wildman–Crippen LogP) is 1.97. The molecule has 3 N–H and O–H groups in total. The van der Waals surface area contributed by atoms with Gasteiger partial charge in [0.2, 0.25) is 5.91 Å². The Kier molecular flexibility index (Phi) is 5.11. The number of benzene rings is 1. The number of nitrogens with one attached hydrogen (secondary N) is 1. The Morgan fingerprint density at radius 3 is 2.86 bits per heavy atom. The van der Waals surface area contributed by atoms with Crippen LogP contribution in [0.2, 0.25) is 0 Å². The molecular weight excluding hydrogens is 264 g/mol. The lowest BCUT2D eigenvalue weighted by Crippen LogP contribution is -2.30. The molecule has 1 aromatic heterocycles. The highest BCUT2D eigenvalue weighted by Gasteiger charge is 2.10. The van der Waals surface area contributed by atoms with Gasteiger partial charge in [0.1, 0.15) is 5.82 Å². The summed E-state index contributed by atoms with van der Waals surface area (Å²) in [6.07, 6.45) is 1.03. The largest absolute Gasteiger partial charge is 0.370 e. The third-order valence-electron chi connectivity index (χ3n) is 3.21. The van der Waals surface area contributed by atoms with E-state index < -0.39 is 0 Å². The Morgan fingerprint density at radius 1 is 1.38 bits per heavy atom. The van der Waals surface area contributed by atoms with Gasteiger partial charge in [-0.1, -0.05) is 25.1 Å². The second-order valence-electron chi connectivity index (χ2n) is 5.25. The van der Waals surface area contributed by atoms with Crippen molar-refractivity contribution in [3.05, 3.63) is 35.9 Å². The summed E-state index contributed by atoms with van der Waals surface area (Å²) in [6, 6.07) is 10.2. The van der Waals surface area contributed by atoms with Gasteiger partial charge in [-0.25, -0.2) is 4.98 Å². The fourth-order valence-corrected chi connectivity index (χ4v) is 2.29. The van der Waals surface area contributed by atoms with Crippen LogP contribution in [-0.2, 0) is 11.3 Å². The number of rotatable bonds is 7. The molecule has 1 aromatic carbocycles. The van der Waals surface area contributed by atoms with E-state index in [0.29, 0.717) is 6.54 Å². The lowest BCUT2D eigenvalue weighted by Gasteiger charge is -2.18. The number of primary amides is 1. The maximum atomic E-state index is 11.0. The van der Waals surface area contributed by atoms with Crippen molar-refractivity contribution in [2.24, 2.45) is 5.73 Å². The highest BCUT2D eigenvalue weighted by atomic mass is 16.1. The second kappa shape index (κ2) is 7.04. The number of pyridine rings is 1. The predicted molar refractivity (Wildman–Crippen MR) is 86.1 cm³/mol. The average Bonchev–Trinajstić information content (AvgIpc) is 2.44. The number of fused-ring (bicyclic) bond motifs is 1. The van der Waals surface area contributed by atoms with Crippen LogP contribution in [0.1, 0.15) is 18.9 Å². The van der Waals surface area contributed by atoms with Crippen molar-refractivity contribution in [2.75, 3.05) is 25.5 Å². The van der Waals surface area contributed by atoms with Crippen molar-refractivity contribution >= 4 is 22.6 Å². The fourth-order valence-electron chi connectivity index (χ4n) is 2.29. The molecule has 2 rings (SSSR count). The van der Waals surface area contributed by atoms with Crippen molar-refractivity contribution in [3.63, 3.8) is 0 Å². The molecule has 0 saturated heterocycles.